The number of amides is 1. The predicted octanol–water partition coefficient (Wildman–Crippen LogP) is 3.35. The normalized spacial score (nSPS) is 33.1. The molecule has 1 saturated carbocycles. The average molecular weight is 382 g/mol. The third-order valence-corrected chi connectivity index (χ3v) is 6.04. The van der Waals surface area contributed by atoms with Gasteiger partial charge in [0.1, 0.15) is 17.7 Å². The van der Waals surface area contributed by atoms with Gasteiger partial charge < -0.3 is 19.5 Å². The van der Waals surface area contributed by atoms with Gasteiger partial charge in [0.2, 0.25) is 0 Å². The van der Waals surface area contributed by atoms with Gasteiger partial charge in [-0.15, -0.1) is 0 Å². The Morgan fingerprint density at radius 1 is 1.30 bits per heavy atom. The number of aliphatic hydroxyl groups is 1. The van der Waals surface area contributed by atoms with E-state index in [1.807, 2.05) is 20.8 Å². The van der Waals surface area contributed by atoms with Crippen LogP contribution >= 0.6 is 0 Å². The zero-order valence-electron chi connectivity index (χ0n) is 17.2. The quantitative estimate of drug-likeness (QED) is 0.742. The lowest BCUT2D eigenvalue weighted by Crippen LogP contribution is -2.52. The fourth-order valence-electron chi connectivity index (χ4n) is 4.85. The van der Waals surface area contributed by atoms with E-state index in [0.717, 1.165) is 12.7 Å². The van der Waals surface area contributed by atoms with E-state index >= 15 is 0 Å². The highest BCUT2D eigenvalue weighted by atomic mass is 16.6. The second kappa shape index (κ2) is 8.72. The molecule has 0 aromatic heterocycles. The van der Waals surface area contributed by atoms with Crippen LogP contribution in [0.1, 0.15) is 72.6 Å². The molecule has 1 spiro atoms. The van der Waals surface area contributed by atoms with Crippen LogP contribution in [0.15, 0.2) is 0 Å². The van der Waals surface area contributed by atoms with E-state index in [-0.39, 0.29) is 17.8 Å². The van der Waals surface area contributed by atoms with Crippen molar-refractivity contribution in [2.24, 2.45) is 17.3 Å². The lowest BCUT2D eigenvalue weighted by molar-refractivity contribution is -0.151. The van der Waals surface area contributed by atoms with Gasteiger partial charge in [0.15, 0.2) is 0 Å². The van der Waals surface area contributed by atoms with Gasteiger partial charge in [-0.05, 0) is 64.7 Å². The van der Waals surface area contributed by atoms with Gasteiger partial charge in [-0.25, -0.2) is 4.79 Å². The maximum atomic E-state index is 13.2. The number of rotatable bonds is 2. The highest BCUT2D eigenvalue weighted by Crippen LogP contribution is 2.50. The largest absolute Gasteiger partial charge is 0.444 e. The molecule has 1 N–H and O–H groups in total. The van der Waals surface area contributed by atoms with Crippen molar-refractivity contribution < 1.29 is 24.2 Å². The Kier molecular flexibility index (Phi) is 7.06. The Balaban J connectivity index is 2.19. The summed E-state index contributed by atoms with van der Waals surface area (Å²) in [5.41, 5.74) is -1.41. The number of carbonyl (C=O) groups is 3. The summed E-state index contributed by atoms with van der Waals surface area (Å²) in [6.07, 6.45) is 3.50. The Morgan fingerprint density at radius 3 is 2.59 bits per heavy atom. The number of aliphatic hydroxyl groups excluding tert-OH is 1. The lowest BCUT2D eigenvalue weighted by atomic mass is 9.56. The van der Waals surface area contributed by atoms with Gasteiger partial charge >= 0.3 is 6.09 Å². The number of Topliss-reactive ketones (excluding diaryl/α,β-unsaturated/α-hetero) is 1. The summed E-state index contributed by atoms with van der Waals surface area (Å²) < 4.78 is 5.48. The van der Waals surface area contributed by atoms with Gasteiger partial charge in [-0.3, -0.25) is 4.79 Å². The Labute approximate surface area is 162 Å². The second-order valence-electron chi connectivity index (χ2n) is 9.33. The summed E-state index contributed by atoms with van der Waals surface area (Å²) in [5.74, 6) is 0.239. The summed E-state index contributed by atoms with van der Waals surface area (Å²) in [6, 6.07) is 0. The molecule has 1 aliphatic carbocycles. The fraction of sp³-hybridized carbons (Fsp3) is 0.857. The molecule has 1 heterocycles. The Bertz CT molecular complexity index is 555. The molecule has 154 valence electrons. The molecule has 0 bridgehead atoms. The van der Waals surface area contributed by atoms with Gasteiger partial charge in [0, 0.05) is 25.9 Å². The first kappa shape index (κ1) is 21.9. The summed E-state index contributed by atoms with van der Waals surface area (Å²) >= 11 is 0. The van der Waals surface area contributed by atoms with Crippen LogP contribution in [0, 0.1) is 17.3 Å². The van der Waals surface area contributed by atoms with Crippen molar-refractivity contribution in [3.8, 4) is 0 Å². The van der Waals surface area contributed by atoms with Crippen LogP contribution in [-0.4, -0.2) is 53.0 Å². The summed E-state index contributed by atoms with van der Waals surface area (Å²) in [6.45, 7) is 8.55. The number of ether oxygens (including phenoxy) is 1. The van der Waals surface area contributed by atoms with Crippen molar-refractivity contribution in [1.29, 1.82) is 0 Å². The van der Waals surface area contributed by atoms with E-state index in [1.165, 1.54) is 0 Å². The van der Waals surface area contributed by atoms with Gasteiger partial charge in [0.05, 0.1) is 11.5 Å². The molecule has 6 heteroatoms. The molecule has 4 unspecified atom stereocenters. The average Bonchev–Trinajstić information content (AvgIpc) is 2.61. The van der Waals surface area contributed by atoms with E-state index in [0.29, 0.717) is 57.5 Å². The first-order valence-corrected chi connectivity index (χ1v) is 10.2. The molecular formula is C21H35NO5. The highest BCUT2D eigenvalue weighted by Gasteiger charge is 2.52. The Hall–Kier alpha value is -1.43. The molecular weight excluding hydrogens is 346 g/mol. The van der Waals surface area contributed by atoms with Gasteiger partial charge in [-0.1, -0.05) is 6.92 Å². The van der Waals surface area contributed by atoms with Gasteiger partial charge in [-0.2, -0.15) is 0 Å². The summed E-state index contributed by atoms with van der Waals surface area (Å²) in [5, 5.41) is 10.9. The molecule has 2 fully saturated rings. The van der Waals surface area contributed by atoms with Crippen LogP contribution in [0.5, 0.6) is 0 Å². The van der Waals surface area contributed by atoms with E-state index in [9.17, 15) is 19.5 Å². The van der Waals surface area contributed by atoms with Crippen LogP contribution < -0.4 is 0 Å². The molecule has 4 atom stereocenters. The molecule has 6 nitrogen and oxygen atoms in total. The molecule has 1 aliphatic heterocycles. The molecule has 2 rings (SSSR count). The highest BCUT2D eigenvalue weighted by molar-refractivity contribution is 5.86. The maximum Gasteiger partial charge on any atom is 0.410 e. The molecule has 0 aromatic rings. The zero-order chi connectivity index (χ0) is 20.2. The minimum absolute atomic E-state index is 0.0554. The van der Waals surface area contributed by atoms with E-state index in [1.54, 1.807) is 4.90 Å². The maximum absolute atomic E-state index is 13.2. The Morgan fingerprint density at radius 2 is 1.96 bits per heavy atom. The number of nitrogens with zero attached hydrogens (tertiary/aromatic N) is 1. The minimum atomic E-state index is -0.850. The predicted molar refractivity (Wildman–Crippen MR) is 102 cm³/mol. The number of hydrogen-bond donors (Lipinski definition) is 1. The monoisotopic (exact) mass is 381 g/mol. The van der Waals surface area contributed by atoms with Crippen LogP contribution in [0.3, 0.4) is 0 Å². The lowest BCUT2D eigenvalue weighted by Gasteiger charge is -2.48. The minimum Gasteiger partial charge on any atom is -0.444 e. The fourth-order valence-corrected chi connectivity index (χ4v) is 4.85. The van der Waals surface area contributed by atoms with Crippen molar-refractivity contribution in [1.82, 2.24) is 4.90 Å². The van der Waals surface area contributed by atoms with Crippen molar-refractivity contribution in [2.45, 2.75) is 84.3 Å². The number of hydrogen-bond acceptors (Lipinski definition) is 5. The van der Waals surface area contributed by atoms with Crippen molar-refractivity contribution in [2.75, 3.05) is 13.1 Å². The van der Waals surface area contributed by atoms with E-state index < -0.39 is 17.1 Å². The molecule has 1 amide bonds. The summed E-state index contributed by atoms with van der Waals surface area (Å²) in [7, 11) is 0. The van der Waals surface area contributed by atoms with Crippen LogP contribution in [-0.2, 0) is 14.3 Å². The van der Waals surface area contributed by atoms with Crippen molar-refractivity contribution in [3.63, 3.8) is 0 Å². The van der Waals surface area contributed by atoms with Crippen molar-refractivity contribution in [3.05, 3.63) is 0 Å². The van der Waals surface area contributed by atoms with Crippen molar-refractivity contribution >= 4 is 18.2 Å². The molecule has 1 saturated heterocycles. The third-order valence-electron chi connectivity index (χ3n) is 6.04. The van der Waals surface area contributed by atoms with Crippen LogP contribution in [0.4, 0.5) is 4.79 Å². The SMILES string of the molecule is CC1CC(O)C2(CCCN(C(=O)OC(C)(C)C)CCCC2=O)C(CC=O)C1. The van der Waals surface area contributed by atoms with Gasteiger partial charge in [0.25, 0.3) is 0 Å². The zero-order valence-corrected chi connectivity index (χ0v) is 17.2. The second-order valence-corrected chi connectivity index (χ2v) is 9.33. The molecule has 0 radical (unpaired) electrons. The first-order valence-electron chi connectivity index (χ1n) is 10.2. The van der Waals surface area contributed by atoms with Crippen LogP contribution in [0.2, 0.25) is 0 Å². The topological polar surface area (TPSA) is 83.9 Å². The smallest absolute Gasteiger partial charge is 0.410 e. The van der Waals surface area contributed by atoms with E-state index in [4.69, 9.17) is 4.74 Å². The number of ketones is 1. The molecule has 27 heavy (non-hydrogen) atoms. The van der Waals surface area contributed by atoms with Crippen LogP contribution in [0.25, 0.3) is 0 Å². The number of aldehydes is 1. The molecule has 2 aliphatic rings. The summed E-state index contributed by atoms with van der Waals surface area (Å²) in [4.78, 5) is 38.6. The molecule has 0 aromatic carbocycles. The third kappa shape index (κ3) is 5.09. The van der Waals surface area contributed by atoms with E-state index in [2.05, 4.69) is 6.92 Å². The standard InChI is InChI=1S/C21H35NO5/c1-15-13-16(8-12-23)21(18(25)14-15)9-6-11-22(10-5-7-17(21)24)19(26)27-20(2,3)4/h12,15-16,18,25H,5-11,13-14H2,1-4H3. The first-order chi connectivity index (χ1) is 12.6. The number of carbonyl (C=O) groups excluding carboxylic acids is 3.